The quantitative estimate of drug-likeness (QED) is 0.716. The van der Waals surface area contributed by atoms with E-state index in [9.17, 15) is 9.59 Å². The fraction of sp³-hybridized carbons (Fsp3) is 0.429. The monoisotopic (exact) mass is 369 g/mol. The Kier molecular flexibility index (Phi) is 6.29. The second-order valence-electron chi connectivity index (χ2n) is 7.30. The SMILES string of the molecule is CN(C)CCN(Cc1ccccc1)C(=O)C1CC(=O)N(Cc2ccco2)C1. The van der Waals surface area contributed by atoms with Crippen molar-refractivity contribution in [2.45, 2.75) is 19.5 Å². The molecule has 1 aliphatic rings. The normalized spacial score (nSPS) is 16.9. The van der Waals surface area contributed by atoms with E-state index in [0.29, 0.717) is 26.2 Å². The van der Waals surface area contributed by atoms with Gasteiger partial charge in [0.25, 0.3) is 0 Å². The zero-order valence-electron chi connectivity index (χ0n) is 16.0. The average molecular weight is 369 g/mol. The topological polar surface area (TPSA) is 57.0 Å². The van der Waals surface area contributed by atoms with Crippen LogP contribution in [0, 0.1) is 5.92 Å². The molecule has 1 unspecified atom stereocenters. The Labute approximate surface area is 160 Å². The van der Waals surface area contributed by atoms with Crippen LogP contribution in [0.4, 0.5) is 0 Å². The van der Waals surface area contributed by atoms with E-state index in [0.717, 1.165) is 17.9 Å². The zero-order valence-corrected chi connectivity index (χ0v) is 16.0. The lowest BCUT2D eigenvalue weighted by Gasteiger charge is -2.27. The Morgan fingerprint density at radius 2 is 1.93 bits per heavy atom. The van der Waals surface area contributed by atoms with E-state index in [-0.39, 0.29) is 24.2 Å². The van der Waals surface area contributed by atoms with E-state index in [4.69, 9.17) is 4.42 Å². The molecule has 2 amide bonds. The standard InChI is InChI=1S/C21H27N3O3/c1-22(2)10-11-23(14-17-7-4-3-5-8-17)21(26)18-13-20(25)24(15-18)16-19-9-6-12-27-19/h3-9,12,18H,10-11,13-16H2,1-2H3. The van der Waals surface area contributed by atoms with Gasteiger partial charge in [0.15, 0.2) is 0 Å². The molecule has 1 atom stereocenters. The van der Waals surface area contributed by atoms with E-state index in [2.05, 4.69) is 4.90 Å². The molecule has 1 aromatic heterocycles. The molecule has 144 valence electrons. The first kappa shape index (κ1) is 19.2. The highest BCUT2D eigenvalue weighted by Gasteiger charge is 2.36. The molecule has 0 radical (unpaired) electrons. The third-order valence-corrected chi connectivity index (χ3v) is 4.84. The van der Waals surface area contributed by atoms with Crippen molar-refractivity contribution in [2.75, 3.05) is 33.7 Å². The third kappa shape index (κ3) is 5.20. The second-order valence-corrected chi connectivity index (χ2v) is 7.30. The molecule has 0 aliphatic carbocycles. The number of furan rings is 1. The molecule has 3 rings (SSSR count). The lowest BCUT2D eigenvalue weighted by molar-refractivity contribution is -0.136. The summed E-state index contributed by atoms with van der Waals surface area (Å²) in [6.07, 6.45) is 1.87. The Hall–Kier alpha value is -2.60. The predicted octanol–water partition coefficient (Wildman–Crippen LogP) is 2.22. The van der Waals surface area contributed by atoms with Crippen LogP contribution in [0.1, 0.15) is 17.7 Å². The maximum absolute atomic E-state index is 13.2. The summed E-state index contributed by atoms with van der Waals surface area (Å²) < 4.78 is 5.34. The van der Waals surface area contributed by atoms with Gasteiger partial charge in [-0.3, -0.25) is 9.59 Å². The molecule has 1 fully saturated rings. The first-order valence-corrected chi connectivity index (χ1v) is 9.30. The van der Waals surface area contributed by atoms with Gasteiger partial charge in [-0.05, 0) is 31.8 Å². The predicted molar refractivity (Wildman–Crippen MR) is 103 cm³/mol. The van der Waals surface area contributed by atoms with Crippen molar-refractivity contribution in [3.8, 4) is 0 Å². The highest BCUT2D eigenvalue weighted by molar-refractivity contribution is 5.89. The fourth-order valence-electron chi connectivity index (χ4n) is 3.33. The summed E-state index contributed by atoms with van der Waals surface area (Å²) in [6.45, 7) is 2.87. The Morgan fingerprint density at radius 3 is 2.59 bits per heavy atom. The van der Waals surface area contributed by atoms with Gasteiger partial charge >= 0.3 is 0 Å². The van der Waals surface area contributed by atoms with Crippen LogP contribution in [0.3, 0.4) is 0 Å². The van der Waals surface area contributed by atoms with Crippen LogP contribution in [-0.4, -0.2) is 60.2 Å². The van der Waals surface area contributed by atoms with Crippen LogP contribution in [0.15, 0.2) is 53.1 Å². The summed E-state index contributed by atoms with van der Waals surface area (Å²) in [7, 11) is 3.99. The van der Waals surface area contributed by atoms with Crippen molar-refractivity contribution >= 4 is 11.8 Å². The van der Waals surface area contributed by atoms with Gasteiger partial charge < -0.3 is 19.1 Å². The lowest BCUT2D eigenvalue weighted by Crippen LogP contribution is -2.40. The Balaban J connectivity index is 1.66. The smallest absolute Gasteiger partial charge is 0.228 e. The van der Waals surface area contributed by atoms with Gasteiger partial charge in [-0.2, -0.15) is 0 Å². The van der Waals surface area contributed by atoms with Crippen LogP contribution in [0.2, 0.25) is 0 Å². The zero-order chi connectivity index (χ0) is 19.2. The second kappa shape index (κ2) is 8.86. The molecule has 0 saturated carbocycles. The number of benzene rings is 1. The van der Waals surface area contributed by atoms with Crippen LogP contribution in [0.5, 0.6) is 0 Å². The van der Waals surface area contributed by atoms with Gasteiger partial charge in [0.2, 0.25) is 11.8 Å². The highest BCUT2D eigenvalue weighted by Crippen LogP contribution is 2.23. The average Bonchev–Trinajstić information content (AvgIpc) is 3.29. The first-order chi connectivity index (χ1) is 13.0. The van der Waals surface area contributed by atoms with Gasteiger partial charge in [0.1, 0.15) is 5.76 Å². The molecule has 0 bridgehead atoms. The molecular formula is C21H27N3O3. The molecule has 1 aromatic carbocycles. The number of likely N-dealkylation sites (tertiary alicyclic amines) is 1. The molecular weight excluding hydrogens is 342 g/mol. The van der Waals surface area contributed by atoms with Crippen LogP contribution < -0.4 is 0 Å². The van der Waals surface area contributed by atoms with E-state index in [1.165, 1.54) is 0 Å². The summed E-state index contributed by atoms with van der Waals surface area (Å²) >= 11 is 0. The highest BCUT2D eigenvalue weighted by atomic mass is 16.3. The van der Waals surface area contributed by atoms with Crippen molar-refractivity contribution in [3.63, 3.8) is 0 Å². The first-order valence-electron chi connectivity index (χ1n) is 9.30. The number of hydrogen-bond donors (Lipinski definition) is 0. The molecule has 1 saturated heterocycles. The van der Waals surface area contributed by atoms with Crippen molar-refractivity contribution in [2.24, 2.45) is 5.92 Å². The van der Waals surface area contributed by atoms with Gasteiger partial charge in [-0.15, -0.1) is 0 Å². The van der Waals surface area contributed by atoms with Gasteiger partial charge in [-0.1, -0.05) is 30.3 Å². The van der Waals surface area contributed by atoms with Gasteiger partial charge in [0.05, 0.1) is 18.7 Å². The van der Waals surface area contributed by atoms with E-state index in [1.807, 2.05) is 55.4 Å². The van der Waals surface area contributed by atoms with Gasteiger partial charge in [-0.25, -0.2) is 0 Å². The Morgan fingerprint density at radius 1 is 1.15 bits per heavy atom. The van der Waals surface area contributed by atoms with Crippen LogP contribution in [0.25, 0.3) is 0 Å². The molecule has 0 spiro atoms. The minimum atomic E-state index is -0.293. The lowest BCUT2D eigenvalue weighted by atomic mass is 10.1. The van der Waals surface area contributed by atoms with E-state index >= 15 is 0 Å². The fourth-order valence-corrected chi connectivity index (χ4v) is 3.33. The number of nitrogens with zero attached hydrogens (tertiary/aromatic N) is 3. The summed E-state index contributed by atoms with van der Waals surface area (Å²) in [5.74, 6) is 0.511. The van der Waals surface area contributed by atoms with Crippen LogP contribution in [-0.2, 0) is 22.7 Å². The number of likely N-dealkylation sites (N-methyl/N-ethyl adjacent to an activating group) is 1. The van der Waals surface area contributed by atoms with Crippen molar-refractivity contribution in [1.29, 1.82) is 0 Å². The molecule has 2 aromatic rings. The minimum Gasteiger partial charge on any atom is -0.467 e. The number of carbonyl (C=O) groups is 2. The van der Waals surface area contributed by atoms with Crippen molar-refractivity contribution in [3.05, 3.63) is 60.1 Å². The van der Waals surface area contributed by atoms with Gasteiger partial charge in [0, 0.05) is 32.6 Å². The summed E-state index contributed by atoms with van der Waals surface area (Å²) in [6, 6.07) is 13.6. The largest absolute Gasteiger partial charge is 0.467 e. The summed E-state index contributed by atoms with van der Waals surface area (Å²) in [5.41, 5.74) is 1.10. The summed E-state index contributed by atoms with van der Waals surface area (Å²) in [4.78, 5) is 31.2. The molecule has 27 heavy (non-hydrogen) atoms. The number of carbonyl (C=O) groups excluding carboxylic acids is 2. The molecule has 2 heterocycles. The molecule has 1 aliphatic heterocycles. The van der Waals surface area contributed by atoms with E-state index in [1.54, 1.807) is 17.2 Å². The number of amides is 2. The van der Waals surface area contributed by atoms with E-state index < -0.39 is 0 Å². The van der Waals surface area contributed by atoms with Crippen LogP contribution >= 0.6 is 0 Å². The maximum atomic E-state index is 13.2. The molecule has 6 heteroatoms. The van der Waals surface area contributed by atoms with Crippen molar-refractivity contribution in [1.82, 2.24) is 14.7 Å². The maximum Gasteiger partial charge on any atom is 0.228 e. The van der Waals surface area contributed by atoms with Crippen molar-refractivity contribution < 1.29 is 14.0 Å². The molecule has 6 nitrogen and oxygen atoms in total. The minimum absolute atomic E-state index is 0.0111. The Bertz CT molecular complexity index is 743. The number of hydrogen-bond acceptors (Lipinski definition) is 4. The summed E-state index contributed by atoms with van der Waals surface area (Å²) in [5, 5.41) is 0. The molecule has 0 N–H and O–H groups in total. The number of rotatable bonds is 8. The third-order valence-electron chi connectivity index (χ3n) is 4.84.